The molecule has 60 heavy (non-hydrogen) atoms. The van der Waals surface area contributed by atoms with Crippen LogP contribution >= 0.6 is 19.4 Å². The number of anilines is 1. The van der Waals surface area contributed by atoms with Crippen molar-refractivity contribution in [1.82, 2.24) is 25.5 Å². The SMILES string of the molecule is COCCOCCSCC(NC(=O)OCCOC)C(=O)NCC(=O)N[C@H]1C([C@H](O)[C@H](O)CO)O[C@@](C)(OP(C)(=O)OCC2OC(n3ccc(N)nc3=O)[C@H](O)[C@@H]2O)C[C@@H]1O. The summed E-state index contributed by atoms with van der Waals surface area (Å²) in [6, 6.07) is -1.41. The third kappa shape index (κ3) is 15.7. The van der Waals surface area contributed by atoms with E-state index in [0.29, 0.717) is 25.6 Å². The van der Waals surface area contributed by atoms with Gasteiger partial charge in [-0.3, -0.25) is 23.2 Å². The van der Waals surface area contributed by atoms with Crippen LogP contribution in [0.3, 0.4) is 0 Å². The molecule has 5 unspecified atom stereocenters. The number of carbonyl (C=O) groups excluding carboxylic acids is 3. The molecule has 0 aromatic carbocycles. The summed E-state index contributed by atoms with van der Waals surface area (Å²) in [5.74, 6) is -3.31. The average Bonchev–Trinajstić information content (AvgIpc) is 3.47. The number of aromatic nitrogens is 2. The molecule has 2 aliphatic heterocycles. The van der Waals surface area contributed by atoms with Crippen molar-refractivity contribution in [1.29, 1.82) is 0 Å². The van der Waals surface area contributed by atoms with Crippen molar-refractivity contribution in [2.75, 3.05) is 90.9 Å². The minimum atomic E-state index is -4.25. The number of nitrogens with two attached hydrogens (primary N) is 1. The molecule has 1 aromatic rings. The molecule has 2 aliphatic rings. The minimum Gasteiger partial charge on any atom is -0.447 e. The number of thioether (sulfide) groups is 1. The first-order chi connectivity index (χ1) is 28.3. The van der Waals surface area contributed by atoms with Crippen LogP contribution in [0.4, 0.5) is 10.6 Å². The van der Waals surface area contributed by atoms with E-state index in [1.54, 1.807) is 0 Å². The number of ether oxygens (including phenoxy) is 6. The molecular formula is C33H57N6O19PS. The fraction of sp³-hybridized carbons (Fsp3) is 0.788. The first-order valence-electron chi connectivity index (χ1n) is 18.6. The van der Waals surface area contributed by atoms with Gasteiger partial charge in [0.25, 0.3) is 0 Å². The van der Waals surface area contributed by atoms with Crippen LogP contribution in [0.25, 0.3) is 0 Å². The normalized spacial score (nSPS) is 27.9. The molecule has 1 aromatic heterocycles. The van der Waals surface area contributed by atoms with Gasteiger partial charge in [0.05, 0.1) is 58.3 Å². The number of hydrogen-bond donors (Lipinski definition) is 10. The molecule has 2 saturated heterocycles. The molecule has 0 saturated carbocycles. The van der Waals surface area contributed by atoms with Crippen LogP contribution in [0.5, 0.6) is 0 Å². The van der Waals surface area contributed by atoms with Crippen molar-refractivity contribution in [3.8, 4) is 0 Å². The number of rotatable bonds is 25. The van der Waals surface area contributed by atoms with Gasteiger partial charge in [-0.25, -0.2) is 9.59 Å². The summed E-state index contributed by atoms with van der Waals surface area (Å²) >= 11 is 1.27. The van der Waals surface area contributed by atoms with E-state index >= 15 is 0 Å². The van der Waals surface area contributed by atoms with Crippen molar-refractivity contribution in [2.45, 2.75) is 80.2 Å². The molecule has 0 spiro atoms. The second-order valence-corrected chi connectivity index (χ2v) is 16.9. The van der Waals surface area contributed by atoms with E-state index < -0.39 is 124 Å². The Kier molecular flexibility index (Phi) is 21.0. The van der Waals surface area contributed by atoms with Crippen molar-refractivity contribution >= 4 is 43.1 Å². The maximum Gasteiger partial charge on any atom is 0.407 e. The first-order valence-corrected chi connectivity index (χ1v) is 21.7. The average molecular weight is 905 g/mol. The maximum atomic E-state index is 13.6. The van der Waals surface area contributed by atoms with Crippen LogP contribution in [0.15, 0.2) is 17.1 Å². The Hall–Kier alpha value is -3.05. The van der Waals surface area contributed by atoms with Gasteiger partial charge in [-0.1, -0.05) is 0 Å². The number of nitrogens with one attached hydrogen (secondary N) is 3. The van der Waals surface area contributed by atoms with Crippen LogP contribution in [0.2, 0.25) is 0 Å². The van der Waals surface area contributed by atoms with Crippen LogP contribution in [0, 0.1) is 0 Å². The molecule has 3 heterocycles. The molecule has 0 aliphatic carbocycles. The lowest BCUT2D eigenvalue weighted by Crippen LogP contribution is -2.66. The van der Waals surface area contributed by atoms with Crippen LogP contribution in [-0.4, -0.2) is 204 Å². The lowest BCUT2D eigenvalue weighted by Gasteiger charge is -2.47. The predicted molar refractivity (Wildman–Crippen MR) is 208 cm³/mol. The molecule has 12 atom stereocenters. The number of nitrogen functional groups attached to an aromatic ring is 1. The topological polar surface area (TPSA) is 360 Å². The van der Waals surface area contributed by atoms with Crippen molar-refractivity contribution in [2.24, 2.45) is 0 Å². The standard InChI is InChI=1S/C33H57N6O19PS/c1-33(58-59(4,50)55-16-21-26(45)27(46)30(56-21)39-6-5-22(34)37-31(39)48)13-19(41)24(28(57-33)25(44)20(42)15-40)38-23(43)14-35-29(47)18(36-32(49)54-10-8-52-3)17-60-12-11-53-9-7-51-2/h5-6,18-21,24-28,30,40-42,44-46H,7-17H2,1-4H3,(H,35,47)(H,36,49)(H,38,43)(H2,34,37,48)/t18?,19-,20+,21?,24+,25+,26+,27+,28?,30?,33-,59?/m0/s1. The van der Waals surface area contributed by atoms with Crippen molar-refractivity contribution < 1.29 is 87.1 Å². The number of aliphatic hydroxyl groups is 6. The van der Waals surface area contributed by atoms with E-state index in [9.17, 15) is 54.4 Å². The van der Waals surface area contributed by atoms with E-state index in [2.05, 4.69) is 20.9 Å². The Balaban J connectivity index is 1.64. The van der Waals surface area contributed by atoms with Crippen LogP contribution in [0.1, 0.15) is 19.6 Å². The third-order valence-corrected chi connectivity index (χ3v) is 11.3. The molecular weight excluding hydrogens is 847 g/mol. The number of nitrogens with zero attached hydrogens (tertiary/aromatic N) is 2. The molecule has 11 N–H and O–H groups in total. The fourth-order valence-corrected chi connectivity index (χ4v) is 8.12. The zero-order valence-electron chi connectivity index (χ0n) is 33.5. The summed E-state index contributed by atoms with van der Waals surface area (Å²) in [6.07, 6.45) is -13.5. The lowest BCUT2D eigenvalue weighted by atomic mass is 9.89. The summed E-state index contributed by atoms with van der Waals surface area (Å²) < 4.78 is 57.2. The van der Waals surface area contributed by atoms with Crippen molar-refractivity contribution in [3.63, 3.8) is 0 Å². The fourth-order valence-electron chi connectivity index (χ4n) is 5.96. The smallest absolute Gasteiger partial charge is 0.407 e. The lowest BCUT2D eigenvalue weighted by molar-refractivity contribution is -0.282. The number of carbonyl (C=O) groups is 3. The van der Waals surface area contributed by atoms with Gasteiger partial charge in [-0.15, -0.1) is 0 Å². The van der Waals surface area contributed by atoms with Crippen molar-refractivity contribution in [3.05, 3.63) is 22.7 Å². The highest BCUT2D eigenvalue weighted by atomic mass is 32.2. The van der Waals surface area contributed by atoms with Gasteiger partial charge in [-0.05, 0) is 13.0 Å². The van der Waals surface area contributed by atoms with E-state index in [-0.39, 0.29) is 24.8 Å². The first kappa shape index (κ1) is 51.3. The van der Waals surface area contributed by atoms with Gasteiger partial charge < -0.3 is 85.3 Å². The van der Waals surface area contributed by atoms with Crippen LogP contribution < -0.4 is 27.4 Å². The molecule has 344 valence electrons. The quantitative estimate of drug-likeness (QED) is 0.0327. The van der Waals surface area contributed by atoms with Gasteiger partial charge in [-0.2, -0.15) is 16.7 Å². The van der Waals surface area contributed by atoms with Gasteiger partial charge >= 0.3 is 19.4 Å². The Morgan fingerprint density at radius 1 is 1.12 bits per heavy atom. The number of methoxy groups -OCH3 is 2. The maximum absolute atomic E-state index is 13.6. The highest BCUT2D eigenvalue weighted by molar-refractivity contribution is 7.99. The second kappa shape index (κ2) is 24.6. The zero-order chi connectivity index (χ0) is 44.6. The predicted octanol–water partition coefficient (Wildman–Crippen LogP) is -4.38. The number of aliphatic hydroxyl groups excluding tert-OH is 6. The van der Waals surface area contributed by atoms with E-state index in [1.807, 2.05) is 0 Å². The van der Waals surface area contributed by atoms with Gasteiger partial charge in [0.15, 0.2) is 12.0 Å². The van der Waals surface area contributed by atoms with Gasteiger partial charge in [0.2, 0.25) is 11.8 Å². The second-order valence-electron chi connectivity index (χ2n) is 13.8. The molecule has 0 radical (unpaired) electrons. The zero-order valence-corrected chi connectivity index (χ0v) is 35.2. The molecule has 25 nitrogen and oxygen atoms in total. The van der Waals surface area contributed by atoms with Gasteiger partial charge in [0, 0.05) is 45.0 Å². The summed E-state index contributed by atoms with van der Waals surface area (Å²) in [5.41, 5.74) is 4.63. The minimum absolute atomic E-state index is 0.0615. The molecule has 3 rings (SSSR count). The Labute approximate surface area is 349 Å². The summed E-state index contributed by atoms with van der Waals surface area (Å²) in [7, 11) is -1.31. The largest absolute Gasteiger partial charge is 0.447 e. The summed E-state index contributed by atoms with van der Waals surface area (Å²) in [4.78, 5) is 54.4. The number of hydrogen-bond acceptors (Lipinski definition) is 22. The third-order valence-electron chi connectivity index (χ3n) is 8.92. The molecule has 2 fully saturated rings. The molecule has 0 bridgehead atoms. The van der Waals surface area contributed by atoms with E-state index in [0.717, 1.165) is 11.2 Å². The highest BCUT2D eigenvalue weighted by Gasteiger charge is 2.52. The Morgan fingerprint density at radius 3 is 2.48 bits per heavy atom. The molecule has 3 amide bonds. The van der Waals surface area contributed by atoms with Gasteiger partial charge in [0.1, 0.15) is 55.1 Å². The van der Waals surface area contributed by atoms with E-state index in [1.165, 1.54) is 45.2 Å². The number of amides is 3. The highest BCUT2D eigenvalue weighted by Crippen LogP contribution is 2.51. The Morgan fingerprint density at radius 2 is 1.82 bits per heavy atom. The van der Waals surface area contributed by atoms with Crippen LogP contribution in [-0.2, 0) is 51.6 Å². The Bertz CT molecular complexity index is 1640. The number of alkyl carbamates (subject to hydrolysis) is 1. The summed E-state index contributed by atoms with van der Waals surface area (Å²) in [5, 5.41) is 70.4. The van der Waals surface area contributed by atoms with E-state index in [4.69, 9.17) is 43.2 Å². The molecule has 27 heteroatoms. The summed E-state index contributed by atoms with van der Waals surface area (Å²) in [6.45, 7) is 1.03. The monoisotopic (exact) mass is 904 g/mol.